The van der Waals surface area contributed by atoms with Gasteiger partial charge >= 0.3 is 0 Å². The van der Waals surface area contributed by atoms with Crippen LogP contribution < -0.4 is 22.5 Å². The highest BCUT2D eigenvalue weighted by Crippen LogP contribution is 2.18. The summed E-state index contributed by atoms with van der Waals surface area (Å²) in [4.78, 5) is 0. The first-order chi connectivity index (χ1) is 9.71. The fraction of sp³-hybridized carbons (Fsp3) is 0.250. The van der Waals surface area contributed by atoms with E-state index < -0.39 is 0 Å². The van der Waals surface area contributed by atoms with Gasteiger partial charge in [-0.2, -0.15) is 0 Å². The average molecular weight is 272 g/mol. The topological polar surface area (TPSA) is 76.1 Å². The van der Waals surface area contributed by atoms with Crippen LogP contribution in [-0.4, -0.2) is 6.17 Å². The summed E-state index contributed by atoms with van der Waals surface area (Å²) >= 11 is 0. The second-order valence-corrected chi connectivity index (χ2v) is 4.53. The minimum absolute atomic E-state index is 0.0417. The molecule has 20 heavy (non-hydrogen) atoms. The van der Waals surface area contributed by atoms with Gasteiger partial charge in [0, 0.05) is 0 Å². The lowest BCUT2D eigenvalue weighted by Gasteiger charge is -2.09. The fourth-order valence-electron chi connectivity index (χ4n) is 1.66. The van der Waals surface area contributed by atoms with E-state index in [0.29, 0.717) is 0 Å². The first kappa shape index (κ1) is 16.3. The molecule has 0 heterocycles. The Balaban J connectivity index is 0.000000246. The third-order valence-electron chi connectivity index (χ3n) is 2.97. The number of nitrogens with two attached hydrogens (primary N) is 2. The SMILES string of the molecule is CCC(NN)NN.Cc1ccc(-c2ccccc2)cc1. The van der Waals surface area contributed by atoms with Gasteiger partial charge in [-0.15, -0.1) is 0 Å². The molecule has 108 valence electrons. The largest absolute Gasteiger partial charge is 0.270 e. The maximum atomic E-state index is 5.00. The Bertz CT molecular complexity index is 458. The predicted octanol–water partition coefficient (Wildman–Crippen LogP) is 2.31. The quantitative estimate of drug-likeness (QED) is 0.391. The van der Waals surface area contributed by atoms with Gasteiger partial charge in [-0.05, 0) is 24.5 Å². The Hall–Kier alpha value is -1.72. The first-order valence-corrected chi connectivity index (χ1v) is 6.75. The van der Waals surface area contributed by atoms with Gasteiger partial charge in [-0.3, -0.25) is 11.7 Å². The van der Waals surface area contributed by atoms with E-state index in [2.05, 4.69) is 66.3 Å². The second-order valence-electron chi connectivity index (χ2n) is 4.53. The lowest BCUT2D eigenvalue weighted by Crippen LogP contribution is -2.48. The minimum atomic E-state index is 0.0417. The molecule has 0 amide bonds. The van der Waals surface area contributed by atoms with E-state index in [1.165, 1.54) is 16.7 Å². The van der Waals surface area contributed by atoms with Crippen molar-refractivity contribution in [3.05, 3.63) is 60.2 Å². The Labute approximate surface area is 121 Å². The molecular formula is C16H24N4. The van der Waals surface area contributed by atoms with Gasteiger partial charge in [0.25, 0.3) is 0 Å². The van der Waals surface area contributed by atoms with Crippen molar-refractivity contribution in [2.24, 2.45) is 11.7 Å². The zero-order valence-corrected chi connectivity index (χ0v) is 12.1. The zero-order chi connectivity index (χ0) is 14.8. The molecule has 0 unspecified atom stereocenters. The third kappa shape index (κ3) is 5.50. The number of aryl methyl sites for hydroxylation is 1. The van der Waals surface area contributed by atoms with Gasteiger partial charge in [0.1, 0.15) is 0 Å². The standard InChI is InChI=1S/C13H12.C3H12N4/c1-11-7-9-13(10-8-11)12-5-3-2-4-6-12;1-2-3(6-4)7-5/h2-10H,1H3;3,6-7H,2,4-5H2,1H3. The van der Waals surface area contributed by atoms with Crippen molar-refractivity contribution >= 4 is 0 Å². The molecule has 0 spiro atoms. The smallest absolute Gasteiger partial charge is 0.0824 e. The summed E-state index contributed by atoms with van der Waals surface area (Å²) in [6, 6.07) is 19.0. The molecular weight excluding hydrogens is 248 g/mol. The Morgan fingerprint density at radius 1 is 0.850 bits per heavy atom. The number of hydrazine groups is 2. The van der Waals surface area contributed by atoms with Crippen LogP contribution in [0.1, 0.15) is 18.9 Å². The van der Waals surface area contributed by atoms with Gasteiger partial charge in [-0.25, -0.2) is 10.9 Å². The van der Waals surface area contributed by atoms with E-state index >= 15 is 0 Å². The molecule has 2 aromatic rings. The fourth-order valence-corrected chi connectivity index (χ4v) is 1.66. The van der Waals surface area contributed by atoms with Crippen LogP contribution in [-0.2, 0) is 0 Å². The van der Waals surface area contributed by atoms with E-state index in [0.717, 1.165) is 6.42 Å². The number of nitrogens with one attached hydrogen (secondary N) is 2. The number of rotatable bonds is 4. The first-order valence-electron chi connectivity index (χ1n) is 6.75. The predicted molar refractivity (Wildman–Crippen MR) is 85.3 cm³/mol. The highest BCUT2D eigenvalue weighted by molar-refractivity contribution is 5.63. The molecule has 0 radical (unpaired) electrons. The average Bonchev–Trinajstić information content (AvgIpc) is 2.51. The zero-order valence-electron chi connectivity index (χ0n) is 12.1. The van der Waals surface area contributed by atoms with Crippen molar-refractivity contribution in [1.82, 2.24) is 10.9 Å². The molecule has 4 nitrogen and oxygen atoms in total. The summed E-state index contributed by atoms with van der Waals surface area (Å²) in [5.74, 6) is 10.0. The molecule has 4 heteroatoms. The van der Waals surface area contributed by atoms with Crippen molar-refractivity contribution in [2.75, 3.05) is 0 Å². The summed E-state index contributed by atoms with van der Waals surface area (Å²) in [6.45, 7) is 4.08. The summed E-state index contributed by atoms with van der Waals surface area (Å²) in [7, 11) is 0. The molecule has 2 aromatic carbocycles. The highest BCUT2D eigenvalue weighted by Gasteiger charge is 1.94. The van der Waals surface area contributed by atoms with Crippen LogP contribution in [0.3, 0.4) is 0 Å². The number of benzene rings is 2. The van der Waals surface area contributed by atoms with Crippen molar-refractivity contribution in [1.29, 1.82) is 0 Å². The maximum absolute atomic E-state index is 5.00. The van der Waals surface area contributed by atoms with Crippen LogP contribution >= 0.6 is 0 Å². The van der Waals surface area contributed by atoms with Gasteiger partial charge in [-0.1, -0.05) is 67.1 Å². The minimum Gasteiger partial charge on any atom is -0.270 e. The summed E-state index contributed by atoms with van der Waals surface area (Å²) in [6.07, 6.45) is 0.924. The van der Waals surface area contributed by atoms with Gasteiger partial charge in [0.2, 0.25) is 0 Å². The number of hydrogen-bond acceptors (Lipinski definition) is 4. The molecule has 0 saturated heterocycles. The second kappa shape index (κ2) is 9.23. The van der Waals surface area contributed by atoms with Gasteiger partial charge in [0.15, 0.2) is 0 Å². The monoisotopic (exact) mass is 272 g/mol. The lowest BCUT2D eigenvalue weighted by atomic mass is 10.0. The Morgan fingerprint density at radius 2 is 1.35 bits per heavy atom. The molecule has 0 aliphatic carbocycles. The van der Waals surface area contributed by atoms with Crippen LogP contribution in [0.15, 0.2) is 54.6 Å². The lowest BCUT2D eigenvalue weighted by molar-refractivity contribution is 0.431. The normalized spacial score (nSPS) is 10.1. The molecule has 0 atom stereocenters. The van der Waals surface area contributed by atoms with Crippen LogP contribution in [0.4, 0.5) is 0 Å². The molecule has 6 N–H and O–H groups in total. The summed E-state index contributed by atoms with van der Waals surface area (Å²) < 4.78 is 0. The highest BCUT2D eigenvalue weighted by atomic mass is 15.4. The van der Waals surface area contributed by atoms with E-state index in [1.54, 1.807) is 0 Å². The van der Waals surface area contributed by atoms with Crippen LogP contribution in [0.5, 0.6) is 0 Å². The van der Waals surface area contributed by atoms with Crippen molar-refractivity contribution in [3.63, 3.8) is 0 Å². The van der Waals surface area contributed by atoms with E-state index in [4.69, 9.17) is 11.7 Å². The third-order valence-corrected chi connectivity index (χ3v) is 2.97. The molecule has 0 aliphatic heterocycles. The van der Waals surface area contributed by atoms with Crippen molar-refractivity contribution < 1.29 is 0 Å². The van der Waals surface area contributed by atoms with Crippen LogP contribution in [0.2, 0.25) is 0 Å². The Morgan fingerprint density at radius 3 is 1.75 bits per heavy atom. The van der Waals surface area contributed by atoms with E-state index in [9.17, 15) is 0 Å². The summed E-state index contributed by atoms with van der Waals surface area (Å²) in [5, 5.41) is 0. The summed E-state index contributed by atoms with van der Waals surface area (Å²) in [5.41, 5.74) is 8.80. The van der Waals surface area contributed by atoms with Gasteiger partial charge in [0.05, 0.1) is 6.17 Å². The van der Waals surface area contributed by atoms with Crippen LogP contribution in [0, 0.1) is 6.92 Å². The van der Waals surface area contributed by atoms with E-state index in [-0.39, 0.29) is 6.17 Å². The molecule has 0 fully saturated rings. The van der Waals surface area contributed by atoms with Crippen LogP contribution in [0.25, 0.3) is 11.1 Å². The Kier molecular flexibility index (Phi) is 7.54. The van der Waals surface area contributed by atoms with Gasteiger partial charge < -0.3 is 0 Å². The van der Waals surface area contributed by atoms with Crippen molar-refractivity contribution in [2.45, 2.75) is 26.4 Å². The molecule has 0 aromatic heterocycles. The van der Waals surface area contributed by atoms with E-state index in [1.807, 2.05) is 13.0 Å². The maximum Gasteiger partial charge on any atom is 0.0824 e. The van der Waals surface area contributed by atoms with Crippen molar-refractivity contribution in [3.8, 4) is 11.1 Å². The molecule has 0 saturated carbocycles. The molecule has 0 bridgehead atoms. The molecule has 0 aliphatic rings. The molecule has 2 rings (SSSR count). The number of hydrogen-bond donors (Lipinski definition) is 4.